The number of rotatable bonds is 4. The van der Waals surface area contributed by atoms with Crippen molar-refractivity contribution in [3.63, 3.8) is 0 Å². The molecule has 12 heavy (non-hydrogen) atoms. The topological polar surface area (TPSA) is 42.2 Å². The highest BCUT2D eigenvalue weighted by Crippen LogP contribution is 2.01. The molecule has 1 aromatic rings. The molecule has 68 valence electrons. The number of nitrogens with zero attached hydrogens (tertiary/aromatic N) is 1. The predicted molar refractivity (Wildman–Crippen MR) is 49.6 cm³/mol. The molecule has 1 heterocycles. The predicted octanol–water partition coefficient (Wildman–Crippen LogP) is 0.991. The van der Waals surface area contributed by atoms with Crippen LogP contribution in [0.3, 0.4) is 0 Å². The third-order valence-corrected chi connectivity index (χ3v) is 2.65. The Hall–Kier alpha value is -0.610. The normalized spacial score (nSPS) is 10.5. The molecular weight excluding hydrogens is 174 g/mol. The largest absolute Gasteiger partial charge is 0.396 e. The SMILES string of the molecule is Cc1csc(=O)n1CCCCO. The van der Waals surface area contributed by atoms with Gasteiger partial charge in [-0.2, -0.15) is 0 Å². The summed E-state index contributed by atoms with van der Waals surface area (Å²) in [5.74, 6) is 0. The molecule has 4 heteroatoms. The van der Waals surface area contributed by atoms with Crippen molar-refractivity contribution in [3.05, 3.63) is 20.7 Å². The zero-order valence-electron chi connectivity index (χ0n) is 7.12. The Bertz CT molecular complexity index is 289. The van der Waals surface area contributed by atoms with Gasteiger partial charge in [0.2, 0.25) is 0 Å². The molecule has 0 aromatic carbocycles. The van der Waals surface area contributed by atoms with E-state index in [0.717, 1.165) is 25.1 Å². The van der Waals surface area contributed by atoms with Crippen LogP contribution in [0, 0.1) is 6.92 Å². The first-order valence-corrected chi connectivity index (χ1v) is 4.89. The smallest absolute Gasteiger partial charge is 0.307 e. The first kappa shape index (κ1) is 9.48. The Morgan fingerprint density at radius 3 is 2.83 bits per heavy atom. The minimum Gasteiger partial charge on any atom is -0.396 e. The molecule has 3 nitrogen and oxygen atoms in total. The third kappa shape index (κ3) is 2.19. The van der Waals surface area contributed by atoms with Crippen LogP contribution in [0.1, 0.15) is 18.5 Å². The van der Waals surface area contributed by atoms with Crippen LogP contribution in [0.4, 0.5) is 0 Å². The Balaban J connectivity index is 2.56. The van der Waals surface area contributed by atoms with E-state index >= 15 is 0 Å². The molecule has 0 saturated heterocycles. The number of unbranched alkanes of at least 4 members (excludes halogenated alkanes) is 1. The van der Waals surface area contributed by atoms with Crippen molar-refractivity contribution in [1.82, 2.24) is 4.57 Å². The highest BCUT2D eigenvalue weighted by Gasteiger charge is 2.00. The van der Waals surface area contributed by atoms with Gasteiger partial charge in [0.15, 0.2) is 0 Å². The third-order valence-electron chi connectivity index (χ3n) is 1.77. The lowest BCUT2D eigenvalue weighted by Crippen LogP contribution is -2.14. The fourth-order valence-electron chi connectivity index (χ4n) is 1.06. The lowest BCUT2D eigenvalue weighted by Gasteiger charge is -2.01. The summed E-state index contributed by atoms with van der Waals surface area (Å²) in [6, 6.07) is 0. The maximum atomic E-state index is 11.2. The first-order chi connectivity index (χ1) is 5.75. The maximum Gasteiger partial charge on any atom is 0.307 e. The number of hydrogen-bond donors (Lipinski definition) is 1. The molecule has 0 saturated carbocycles. The summed E-state index contributed by atoms with van der Waals surface area (Å²) in [6.07, 6.45) is 1.63. The van der Waals surface area contributed by atoms with Crippen molar-refractivity contribution in [3.8, 4) is 0 Å². The van der Waals surface area contributed by atoms with Crippen molar-refractivity contribution in [2.24, 2.45) is 0 Å². The van der Waals surface area contributed by atoms with Crippen molar-refractivity contribution < 1.29 is 5.11 Å². The van der Waals surface area contributed by atoms with Crippen LogP contribution < -0.4 is 4.87 Å². The highest BCUT2D eigenvalue weighted by molar-refractivity contribution is 7.07. The Kier molecular flexibility index (Phi) is 3.49. The van der Waals surface area contributed by atoms with Crippen LogP contribution >= 0.6 is 11.3 Å². The van der Waals surface area contributed by atoms with Gasteiger partial charge in [0, 0.05) is 24.2 Å². The van der Waals surface area contributed by atoms with Crippen molar-refractivity contribution >= 4 is 11.3 Å². The quantitative estimate of drug-likeness (QED) is 0.714. The highest BCUT2D eigenvalue weighted by atomic mass is 32.1. The second-order valence-electron chi connectivity index (χ2n) is 2.73. The van der Waals surface area contributed by atoms with E-state index in [1.165, 1.54) is 11.3 Å². The van der Waals surface area contributed by atoms with E-state index in [1.54, 1.807) is 4.57 Å². The Morgan fingerprint density at radius 2 is 2.33 bits per heavy atom. The molecule has 0 unspecified atom stereocenters. The van der Waals surface area contributed by atoms with E-state index in [-0.39, 0.29) is 11.5 Å². The molecular formula is C8H13NO2S. The van der Waals surface area contributed by atoms with Gasteiger partial charge in [0.25, 0.3) is 0 Å². The molecule has 0 aliphatic rings. The second kappa shape index (κ2) is 4.42. The van der Waals surface area contributed by atoms with Crippen LogP contribution in [-0.2, 0) is 6.54 Å². The fourth-order valence-corrected chi connectivity index (χ4v) is 1.82. The summed E-state index contributed by atoms with van der Waals surface area (Å²) in [5.41, 5.74) is 1.02. The van der Waals surface area contributed by atoms with Crippen LogP contribution in [-0.4, -0.2) is 16.3 Å². The van der Waals surface area contributed by atoms with Gasteiger partial charge >= 0.3 is 4.87 Å². The van der Waals surface area contributed by atoms with Gasteiger partial charge in [-0.05, 0) is 19.8 Å². The maximum absolute atomic E-state index is 11.2. The summed E-state index contributed by atoms with van der Waals surface area (Å²) in [7, 11) is 0. The number of aryl methyl sites for hydroxylation is 1. The average Bonchev–Trinajstić information content (AvgIpc) is 2.35. The van der Waals surface area contributed by atoms with Gasteiger partial charge in [0.1, 0.15) is 0 Å². The number of aliphatic hydroxyl groups is 1. The number of aromatic nitrogens is 1. The lowest BCUT2D eigenvalue weighted by molar-refractivity contribution is 0.281. The van der Waals surface area contributed by atoms with Crippen molar-refractivity contribution in [2.45, 2.75) is 26.3 Å². The summed E-state index contributed by atoms with van der Waals surface area (Å²) in [4.78, 5) is 11.3. The average molecular weight is 187 g/mol. The van der Waals surface area contributed by atoms with Gasteiger partial charge in [-0.3, -0.25) is 4.79 Å². The van der Waals surface area contributed by atoms with E-state index < -0.39 is 0 Å². The van der Waals surface area contributed by atoms with Crippen molar-refractivity contribution in [1.29, 1.82) is 0 Å². The molecule has 0 atom stereocenters. The Morgan fingerprint density at radius 1 is 1.58 bits per heavy atom. The van der Waals surface area contributed by atoms with E-state index in [4.69, 9.17) is 5.11 Å². The van der Waals surface area contributed by atoms with E-state index in [2.05, 4.69) is 0 Å². The van der Waals surface area contributed by atoms with E-state index in [0.29, 0.717) is 0 Å². The minimum absolute atomic E-state index is 0.102. The monoisotopic (exact) mass is 187 g/mol. The zero-order valence-corrected chi connectivity index (χ0v) is 7.93. The molecule has 0 bridgehead atoms. The molecule has 0 radical (unpaired) electrons. The minimum atomic E-state index is 0.102. The fraction of sp³-hybridized carbons (Fsp3) is 0.625. The molecule has 1 rings (SSSR count). The van der Waals surface area contributed by atoms with E-state index in [1.807, 2.05) is 12.3 Å². The first-order valence-electron chi connectivity index (χ1n) is 4.01. The van der Waals surface area contributed by atoms with Crippen LogP contribution in [0.25, 0.3) is 0 Å². The standard InChI is InChI=1S/C8H13NO2S/c1-7-6-12-8(11)9(7)4-2-3-5-10/h6,10H,2-5H2,1H3. The van der Waals surface area contributed by atoms with Gasteiger partial charge in [-0.1, -0.05) is 11.3 Å². The number of aliphatic hydroxyl groups excluding tert-OH is 1. The lowest BCUT2D eigenvalue weighted by atomic mass is 10.3. The second-order valence-corrected chi connectivity index (χ2v) is 3.55. The van der Waals surface area contributed by atoms with Crippen LogP contribution in [0.5, 0.6) is 0 Å². The summed E-state index contributed by atoms with van der Waals surface area (Å²) in [6.45, 7) is 2.86. The summed E-state index contributed by atoms with van der Waals surface area (Å²) >= 11 is 1.23. The van der Waals surface area contributed by atoms with Gasteiger partial charge in [-0.15, -0.1) is 0 Å². The zero-order chi connectivity index (χ0) is 8.97. The molecule has 0 aliphatic heterocycles. The van der Waals surface area contributed by atoms with Gasteiger partial charge < -0.3 is 9.67 Å². The molecule has 0 aliphatic carbocycles. The molecule has 1 N–H and O–H groups in total. The van der Waals surface area contributed by atoms with Crippen LogP contribution in [0.2, 0.25) is 0 Å². The molecule has 1 aromatic heterocycles. The number of hydrogen-bond acceptors (Lipinski definition) is 3. The van der Waals surface area contributed by atoms with Crippen molar-refractivity contribution in [2.75, 3.05) is 6.61 Å². The summed E-state index contributed by atoms with van der Waals surface area (Å²) in [5, 5.41) is 10.4. The molecule has 0 spiro atoms. The van der Waals surface area contributed by atoms with Crippen LogP contribution in [0.15, 0.2) is 10.2 Å². The van der Waals surface area contributed by atoms with Gasteiger partial charge in [-0.25, -0.2) is 0 Å². The summed E-state index contributed by atoms with van der Waals surface area (Å²) < 4.78 is 1.75. The van der Waals surface area contributed by atoms with E-state index in [9.17, 15) is 4.79 Å². The number of thiazole rings is 1. The molecule has 0 amide bonds. The Labute approximate surface area is 75.3 Å². The molecule has 0 fully saturated rings. The van der Waals surface area contributed by atoms with Gasteiger partial charge in [0.05, 0.1) is 0 Å².